The molecule has 0 aromatic heterocycles. The van der Waals surface area contributed by atoms with Crippen LogP contribution < -0.4 is 29.0 Å². The molecule has 15 heteroatoms. The summed E-state index contributed by atoms with van der Waals surface area (Å²) in [6, 6.07) is 21.1. The van der Waals surface area contributed by atoms with Crippen molar-refractivity contribution in [3.63, 3.8) is 0 Å². The summed E-state index contributed by atoms with van der Waals surface area (Å²) in [7, 11) is 0. The van der Waals surface area contributed by atoms with E-state index in [1.807, 2.05) is 0 Å². The van der Waals surface area contributed by atoms with Gasteiger partial charge in [0, 0.05) is 11.6 Å². The van der Waals surface area contributed by atoms with E-state index in [1.165, 1.54) is 66.7 Å². The van der Waals surface area contributed by atoms with Crippen molar-refractivity contribution in [1.29, 1.82) is 0 Å². The van der Waals surface area contributed by atoms with Gasteiger partial charge in [-0.2, -0.15) is 22.7 Å². The molecule has 2 aliphatic rings. The Balaban J connectivity index is 1.18. The first-order chi connectivity index (χ1) is 22.0. The number of amides is 2. The second kappa shape index (κ2) is 12.4. The van der Waals surface area contributed by atoms with E-state index in [0.29, 0.717) is 34.0 Å². The minimum atomic E-state index is -3.82. The van der Waals surface area contributed by atoms with E-state index >= 15 is 0 Å². The van der Waals surface area contributed by atoms with Gasteiger partial charge in [0.1, 0.15) is 23.0 Å². The zero-order valence-electron chi connectivity index (χ0n) is 23.2. The maximum absolute atomic E-state index is 13.6. The molecule has 2 aliphatic heterocycles. The van der Waals surface area contributed by atoms with Crippen LogP contribution in [-0.2, 0) is 0 Å². The summed E-state index contributed by atoms with van der Waals surface area (Å²) in [6.07, 6.45) is -3.82. The normalized spacial score (nSPS) is 16.4. The predicted molar refractivity (Wildman–Crippen MR) is 150 cm³/mol. The Hall–Kier alpha value is -5.60. The number of alkyl halides is 6. The fraction of sp³-hybridized carbons (Fsp3) is 0.161. The van der Waals surface area contributed by atoms with Gasteiger partial charge in [-0.15, -0.1) is 8.78 Å². The number of benzene rings is 4. The van der Waals surface area contributed by atoms with E-state index < -0.39 is 31.5 Å². The number of anilines is 1. The standard InChI is InChI=1S/C31H21F6N3O6/c32-28(33)43-22-6-1-17(2-7-22)27-24(18-3-14-25-26(15-18)46-31(36,37)45-25)16-40(39-27)30(41)38-19-4-8-20(9-5-19)42-21-10-12-23(13-11-21)44-29(34)35/h1-15,24,28-29H,16H2,(H,38,41). The van der Waals surface area contributed by atoms with Gasteiger partial charge in [0.05, 0.1) is 12.3 Å². The second-order valence-corrected chi connectivity index (χ2v) is 9.80. The summed E-state index contributed by atoms with van der Waals surface area (Å²) >= 11 is 0. The molecule has 0 radical (unpaired) electrons. The number of ether oxygens (including phenoxy) is 5. The number of hydrogen-bond donors (Lipinski definition) is 1. The third kappa shape index (κ3) is 7.03. The summed E-state index contributed by atoms with van der Waals surface area (Å²) in [5.41, 5.74) is 1.70. The molecule has 0 bridgehead atoms. The van der Waals surface area contributed by atoms with Crippen molar-refractivity contribution in [2.45, 2.75) is 25.4 Å². The molecule has 0 spiro atoms. The van der Waals surface area contributed by atoms with Gasteiger partial charge in [0.25, 0.3) is 0 Å². The van der Waals surface area contributed by atoms with E-state index in [2.05, 4.69) is 29.4 Å². The van der Waals surface area contributed by atoms with Crippen LogP contribution in [0.25, 0.3) is 0 Å². The van der Waals surface area contributed by atoms with Crippen molar-refractivity contribution in [3.8, 4) is 34.5 Å². The monoisotopic (exact) mass is 645 g/mol. The van der Waals surface area contributed by atoms with E-state index in [4.69, 9.17) is 4.74 Å². The molecule has 0 saturated heterocycles. The van der Waals surface area contributed by atoms with Gasteiger partial charge >= 0.3 is 25.5 Å². The zero-order valence-corrected chi connectivity index (χ0v) is 23.2. The van der Waals surface area contributed by atoms with Crippen LogP contribution in [0, 0.1) is 0 Å². The van der Waals surface area contributed by atoms with Gasteiger partial charge in [0.2, 0.25) is 0 Å². The number of carbonyl (C=O) groups excluding carboxylic acids is 1. The third-order valence-corrected chi connectivity index (χ3v) is 6.74. The maximum atomic E-state index is 13.6. The van der Waals surface area contributed by atoms with Crippen molar-refractivity contribution in [1.82, 2.24) is 5.01 Å². The molecule has 1 unspecified atom stereocenters. The summed E-state index contributed by atoms with van der Waals surface area (Å²) in [5, 5.41) is 8.34. The minimum absolute atomic E-state index is 0.00104. The molecule has 1 N–H and O–H groups in total. The maximum Gasteiger partial charge on any atom is 0.586 e. The Morgan fingerprint density at radius 1 is 0.783 bits per heavy atom. The number of rotatable bonds is 9. The number of halogens is 6. The van der Waals surface area contributed by atoms with Gasteiger partial charge in [0.15, 0.2) is 11.5 Å². The SMILES string of the molecule is O=C(Nc1ccc(Oc2ccc(OC(F)F)cc2)cc1)N1CC(c2ccc3c(c2)OC(F)(F)O3)C(c2ccc(OC(F)F)cc2)=N1. The highest BCUT2D eigenvalue weighted by molar-refractivity contribution is 6.08. The number of nitrogens with one attached hydrogen (secondary N) is 1. The molecule has 0 fully saturated rings. The van der Waals surface area contributed by atoms with Crippen molar-refractivity contribution in [2.24, 2.45) is 5.10 Å². The number of nitrogens with zero attached hydrogens (tertiary/aromatic N) is 2. The van der Waals surface area contributed by atoms with E-state index in [0.717, 1.165) is 5.01 Å². The number of fused-ring (bicyclic) bond motifs is 1. The fourth-order valence-corrected chi connectivity index (χ4v) is 4.76. The van der Waals surface area contributed by atoms with Gasteiger partial charge in [-0.25, -0.2) is 9.80 Å². The quantitative estimate of drug-likeness (QED) is 0.185. The Kier molecular flexibility index (Phi) is 8.21. The Morgan fingerprint density at radius 2 is 1.33 bits per heavy atom. The lowest BCUT2D eigenvalue weighted by Gasteiger charge is -2.16. The van der Waals surface area contributed by atoms with Gasteiger partial charge in [-0.05, 0) is 96.1 Å². The highest BCUT2D eigenvalue weighted by atomic mass is 19.3. The van der Waals surface area contributed by atoms with Crippen LogP contribution in [-0.4, -0.2) is 42.8 Å². The van der Waals surface area contributed by atoms with Crippen molar-refractivity contribution in [2.75, 3.05) is 11.9 Å². The molecule has 4 aromatic rings. The van der Waals surface area contributed by atoms with Crippen molar-refractivity contribution >= 4 is 17.4 Å². The summed E-state index contributed by atoms with van der Waals surface area (Å²) in [6.45, 7) is -5.96. The first kappa shape index (κ1) is 30.4. The smallest absolute Gasteiger partial charge is 0.457 e. The highest BCUT2D eigenvalue weighted by Crippen LogP contribution is 2.43. The lowest BCUT2D eigenvalue weighted by atomic mass is 9.90. The Labute approximate surface area is 256 Å². The molecule has 46 heavy (non-hydrogen) atoms. The molecule has 6 rings (SSSR count). The van der Waals surface area contributed by atoms with Crippen LogP contribution in [0.5, 0.6) is 34.5 Å². The van der Waals surface area contributed by atoms with Crippen molar-refractivity contribution < 1.29 is 54.8 Å². The molecule has 4 aromatic carbocycles. The molecule has 238 valence electrons. The van der Waals surface area contributed by atoms with Crippen LogP contribution in [0.15, 0.2) is 96.1 Å². The molecule has 0 aliphatic carbocycles. The van der Waals surface area contributed by atoms with E-state index in [-0.39, 0.29) is 29.5 Å². The topological polar surface area (TPSA) is 90.9 Å². The van der Waals surface area contributed by atoms with Crippen LogP contribution in [0.4, 0.5) is 36.8 Å². The number of hydrogen-bond acceptors (Lipinski definition) is 7. The average molecular weight is 646 g/mol. The molecule has 2 amide bonds. The van der Waals surface area contributed by atoms with Crippen LogP contribution in [0.2, 0.25) is 0 Å². The molecular formula is C31H21F6N3O6. The van der Waals surface area contributed by atoms with Crippen LogP contribution in [0.1, 0.15) is 17.0 Å². The molecule has 9 nitrogen and oxygen atoms in total. The van der Waals surface area contributed by atoms with Crippen molar-refractivity contribution in [3.05, 3.63) is 102 Å². The summed E-state index contributed by atoms with van der Waals surface area (Å²) in [4.78, 5) is 13.3. The number of urea groups is 1. The second-order valence-electron chi connectivity index (χ2n) is 9.80. The third-order valence-electron chi connectivity index (χ3n) is 6.74. The molecular weight excluding hydrogens is 624 g/mol. The van der Waals surface area contributed by atoms with Gasteiger partial charge < -0.3 is 29.0 Å². The fourth-order valence-electron chi connectivity index (χ4n) is 4.76. The van der Waals surface area contributed by atoms with E-state index in [9.17, 15) is 31.1 Å². The Morgan fingerprint density at radius 3 is 1.93 bits per heavy atom. The zero-order chi connectivity index (χ0) is 32.4. The van der Waals surface area contributed by atoms with Gasteiger partial charge in [-0.1, -0.05) is 6.07 Å². The molecule has 1 atom stereocenters. The van der Waals surface area contributed by atoms with Gasteiger partial charge in [-0.3, -0.25) is 0 Å². The predicted octanol–water partition coefficient (Wildman–Crippen LogP) is 8.04. The van der Waals surface area contributed by atoms with E-state index in [1.54, 1.807) is 24.3 Å². The summed E-state index contributed by atoms with van der Waals surface area (Å²) < 4.78 is 101. The highest BCUT2D eigenvalue weighted by Gasteiger charge is 2.44. The molecule has 2 heterocycles. The van der Waals surface area contributed by atoms with Crippen LogP contribution in [0.3, 0.4) is 0 Å². The lowest BCUT2D eigenvalue weighted by Crippen LogP contribution is -2.30. The van der Waals surface area contributed by atoms with Crippen LogP contribution >= 0.6 is 0 Å². The average Bonchev–Trinajstić information content (AvgIpc) is 3.59. The lowest BCUT2D eigenvalue weighted by molar-refractivity contribution is -0.286. The molecule has 0 saturated carbocycles. The minimum Gasteiger partial charge on any atom is -0.457 e. The Bertz CT molecular complexity index is 1740. The number of carbonyl (C=O) groups is 1. The summed E-state index contributed by atoms with van der Waals surface area (Å²) in [5.74, 6) is -0.306. The first-order valence-corrected chi connectivity index (χ1v) is 13.5. The largest absolute Gasteiger partial charge is 0.586 e. The number of hydrazone groups is 1. The first-order valence-electron chi connectivity index (χ1n) is 13.5.